The number of hydrogen-bond donors (Lipinski definition) is 0. The van der Waals surface area contributed by atoms with E-state index in [4.69, 9.17) is 14.7 Å². The Bertz CT molecular complexity index is 427. The van der Waals surface area contributed by atoms with E-state index >= 15 is 0 Å². The number of unbranched alkanes of at least 4 members (excludes halogenated alkanes) is 1. The number of rotatable bonds is 8. The van der Waals surface area contributed by atoms with Crippen molar-refractivity contribution in [3.05, 3.63) is 23.8 Å². The molecule has 0 radical (unpaired) electrons. The van der Waals surface area contributed by atoms with Crippen LogP contribution in [0.3, 0.4) is 0 Å². The van der Waals surface area contributed by atoms with Crippen LogP contribution >= 0.6 is 0 Å². The minimum absolute atomic E-state index is 0.614. The molecular weight excluding hydrogens is 240 g/mol. The fraction of sp³-hybridized carbons (Fsp3) is 0.533. The van der Waals surface area contributed by atoms with E-state index in [9.17, 15) is 0 Å². The molecule has 19 heavy (non-hydrogen) atoms. The van der Waals surface area contributed by atoms with Gasteiger partial charge in [0.05, 0.1) is 20.3 Å². The first kappa shape index (κ1) is 15.3. The molecule has 0 N–H and O–H groups in total. The second kappa shape index (κ2) is 8.39. The highest BCUT2D eigenvalue weighted by molar-refractivity contribution is 5.42. The normalized spacial score (nSPS) is 10.3. The molecule has 0 atom stereocenters. The molecule has 0 aliphatic heterocycles. The summed E-state index contributed by atoms with van der Waals surface area (Å²) in [6.07, 6.45) is 1.53. The Hall–Kier alpha value is -1.73. The first-order valence-electron chi connectivity index (χ1n) is 6.55. The standard InChI is InChI=1S/C15H22N2O2/c1-4-17(10-6-5-9-16)12-13-7-8-14(18-2)15(11-13)19-3/h7-8,11H,4-6,10,12H2,1-3H3. The summed E-state index contributed by atoms with van der Waals surface area (Å²) in [5, 5.41) is 8.57. The highest BCUT2D eigenvalue weighted by Crippen LogP contribution is 2.28. The molecule has 0 aromatic heterocycles. The van der Waals surface area contributed by atoms with E-state index in [-0.39, 0.29) is 0 Å². The smallest absolute Gasteiger partial charge is 0.161 e. The molecule has 0 amide bonds. The second-order valence-electron chi connectivity index (χ2n) is 4.32. The van der Waals surface area contributed by atoms with Crippen LogP contribution < -0.4 is 9.47 Å². The van der Waals surface area contributed by atoms with Gasteiger partial charge in [0.15, 0.2) is 11.5 Å². The van der Waals surface area contributed by atoms with Crippen LogP contribution in [0.2, 0.25) is 0 Å². The third-order valence-corrected chi connectivity index (χ3v) is 3.06. The molecule has 0 fully saturated rings. The van der Waals surface area contributed by atoms with Crippen LogP contribution in [0, 0.1) is 11.3 Å². The van der Waals surface area contributed by atoms with Crippen molar-refractivity contribution in [2.45, 2.75) is 26.3 Å². The molecule has 104 valence electrons. The largest absolute Gasteiger partial charge is 0.493 e. The van der Waals surface area contributed by atoms with Crippen molar-refractivity contribution in [1.82, 2.24) is 4.90 Å². The molecular formula is C15H22N2O2. The van der Waals surface area contributed by atoms with Crippen molar-refractivity contribution >= 4 is 0 Å². The van der Waals surface area contributed by atoms with Gasteiger partial charge in [0.25, 0.3) is 0 Å². The third kappa shape index (κ3) is 4.80. The van der Waals surface area contributed by atoms with Crippen LogP contribution in [0.4, 0.5) is 0 Å². The Kier molecular flexibility index (Phi) is 6.76. The summed E-state index contributed by atoms with van der Waals surface area (Å²) in [7, 11) is 3.28. The molecule has 0 saturated heterocycles. The van der Waals surface area contributed by atoms with Crippen LogP contribution in [0.15, 0.2) is 18.2 Å². The lowest BCUT2D eigenvalue weighted by molar-refractivity contribution is 0.276. The van der Waals surface area contributed by atoms with Gasteiger partial charge >= 0.3 is 0 Å². The van der Waals surface area contributed by atoms with Crippen LogP contribution in [0.5, 0.6) is 11.5 Å². The van der Waals surface area contributed by atoms with E-state index in [1.165, 1.54) is 5.56 Å². The lowest BCUT2D eigenvalue weighted by atomic mass is 10.1. The average molecular weight is 262 g/mol. The van der Waals surface area contributed by atoms with Crippen LogP contribution in [0.25, 0.3) is 0 Å². The summed E-state index contributed by atoms with van der Waals surface area (Å²) in [6.45, 7) is 4.91. The number of nitrogens with zero attached hydrogens (tertiary/aromatic N) is 2. The van der Waals surface area contributed by atoms with Crippen molar-refractivity contribution in [3.63, 3.8) is 0 Å². The topological polar surface area (TPSA) is 45.5 Å². The van der Waals surface area contributed by atoms with Crippen LogP contribution in [-0.4, -0.2) is 32.2 Å². The van der Waals surface area contributed by atoms with Crippen LogP contribution in [-0.2, 0) is 6.54 Å². The van der Waals surface area contributed by atoms with Gasteiger partial charge in [0, 0.05) is 13.0 Å². The van der Waals surface area contributed by atoms with E-state index in [0.717, 1.165) is 37.6 Å². The van der Waals surface area contributed by atoms with Gasteiger partial charge in [-0.15, -0.1) is 0 Å². The summed E-state index contributed by atoms with van der Waals surface area (Å²) in [4.78, 5) is 2.32. The summed E-state index contributed by atoms with van der Waals surface area (Å²) in [5.74, 6) is 1.51. The van der Waals surface area contributed by atoms with E-state index in [1.807, 2.05) is 18.2 Å². The van der Waals surface area contributed by atoms with Crippen molar-refractivity contribution in [1.29, 1.82) is 5.26 Å². The SMILES string of the molecule is CCN(CCCC#N)Cc1ccc(OC)c(OC)c1. The van der Waals surface area contributed by atoms with E-state index in [0.29, 0.717) is 6.42 Å². The van der Waals surface area contributed by atoms with Crippen molar-refractivity contribution in [2.75, 3.05) is 27.3 Å². The molecule has 4 heteroatoms. The molecule has 0 heterocycles. The number of hydrogen-bond acceptors (Lipinski definition) is 4. The summed E-state index contributed by atoms with van der Waals surface area (Å²) in [5.41, 5.74) is 1.19. The maximum absolute atomic E-state index is 8.57. The minimum atomic E-state index is 0.614. The first-order valence-corrected chi connectivity index (χ1v) is 6.55. The molecule has 1 rings (SSSR count). The molecule has 1 aromatic carbocycles. The maximum atomic E-state index is 8.57. The summed E-state index contributed by atoms with van der Waals surface area (Å²) < 4.78 is 10.5. The quantitative estimate of drug-likeness (QED) is 0.676. The fourth-order valence-corrected chi connectivity index (χ4v) is 1.97. The molecule has 0 aliphatic rings. The highest BCUT2D eigenvalue weighted by atomic mass is 16.5. The predicted molar refractivity (Wildman–Crippen MR) is 75.3 cm³/mol. The Morgan fingerprint density at radius 1 is 1.21 bits per heavy atom. The molecule has 4 nitrogen and oxygen atoms in total. The van der Waals surface area contributed by atoms with Gasteiger partial charge in [-0.2, -0.15) is 5.26 Å². The number of nitriles is 1. The number of benzene rings is 1. The van der Waals surface area contributed by atoms with Crippen molar-refractivity contribution < 1.29 is 9.47 Å². The average Bonchev–Trinajstić information content (AvgIpc) is 2.46. The number of ether oxygens (including phenoxy) is 2. The molecule has 0 aliphatic carbocycles. The van der Waals surface area contributed by atoms with E-state index < -0.39 is 0 Å². The zero-order valence-corrected chi connectivity index (χ0v) is 12.0. The van der Waals surface area contributed by atoms with Gasteiger partial charge in [-0.05, 0) is 37.2 Å². The Balaban J connectivity index is 2.66. The molecule has 0 unspecified atom stereocenters. The highest BCUT2D eigenvalue weighted by Gasteiger charge is 2.08. The number of methoxy groups -OCH3 is 2. The van der Waals surface area contributed by atoms with Gasteiger partial charge in [0.2, 0.25) is 0 Å². The minimum Gasteiger partial charge on any atom is -0.493 e. The third-order valence-electron chi connectivity index (χ3n) is 3.06. The Morgan fingerprint density at radius 3 is 2.53 bits per heavy atom. The molecule has 0 bridgehead atoms. The van der Waals surface area contributed by atoms with Gasteiger partial charge in [-0.3, -0.25) is 4.90 Å². The fourth-order valence-electron chi connectivity index (χ4n) is 1.97. The van der Waals surface area contributed by atoms with Gasteiger partial charge in [0.1, 0.15) is 0 Å². The molecule has 0 spiro atoms. The second-order valence-corrected chi connectivity index (χ2v) is 4.32. The van der Waals surface area contributed by atoms with Gasteiger partial charge < -0.3 is 9.47 Å². The zero-order chi connectivity index (χ0) is 14.1. The first-order chi connectivity index (χ1) is 9.24. The summed E-state index contributed by atoms with van der Waals surface area (Å²) >= 11 is 0. The maximum Gasteiger partial charge on any atom is 0.161 e. The monoisotopic (exact) mass is 262 g/mol. The lowest BCUT2D eigenvalue weighted by Gasteiger charge is -2.20. The van der Waals surface area contributed by atoms with Gasteiger partial charge in [-0.25, -0.2) is 0 Å². The predicted octanol–water partition coefficient (Wildman–Crippen LogP) is 2.83. The van der Waals surface area contributed by atoms with Crippen molar-refractivity contribution in [3.8, 4) is 17.6 Å². The van der Waals surface area contributed by atoms with E-state index in [2.05, 4.69) is 17.9 Å². The van der Waals surface area contributed by atoms with E-state index in [1.54, 1.807) is 14.2 Å². The molecule has 1 aromatic rings. The zero-order valence-electron chi connectivity index (χ0n) is 12.0. The Labute approximate surface area is 115 Å². The summed E-state index contributed by atoms with van der Waals surface area (Å²) in [6, 6.07) is 8.16. The van der Waals surface area contributed by atoms with Crippen molar-refractivity contribution in [2.24, 2.45) is 0 Å². The lowest BCUT2D eigenvalue weighted by Crippen LogP contribution is -2.23. The van der Waals surface area contributed by atoms with Crippen LogP contribution in [0.1, 0.15) is 25.3 Å². The molecule has 0 saturated carbocycles. The van der Waals surface area contributed by atoms with Gasteiger partial charge in [-0.1, -0.05) is 13.0 Å². The Morgan fingerprint density at radius 2 is 1.95 bits per heavy atom.